The van der Waals surface area contributed by atoms with E-state index >= 15 is 0 Å². The molecule has 0 bridgehead atoms. The average molecular weight is 400 g/mol. The molecule has 1 amide bonds. The van der Waals surface area contributed by atoms with Crippen LogP contribution in [0.5, 0.6) is 5.75 Å². The van der Waals surface area contributed by atoms with Gasteiger partial charge in [0.2, 0.25) is 5.91 Å². The lowest BCUT2D eigenvalue weighted by atomic mass is 10.3. The van der Waals surface area contributed by atoms with Crippen molar-refractivity contribution in [2.75, 3.05) is 43.9 Å². The Bertz CT molecular complexity index is 921. The van der Waals surface area contributed by atoms with Crippen molar-refractivity contribution in [3.63, 3.8) is 0 Å². The van der Waals surface area contributed by atoms with Gasteiger partial charge in [-0.2, -0.15) is 0 Å². The van der Waals surface area contributed by atoms with Crippen LogP contribution in [0, 0.1) is 0 Å². The highest BCUT2D eigenvalue weighted by Crippen LogP contribution is 2.32. The van der Waals surface area contributed by atoms with Crippen LogP contribution in [0.25, 0.3) is 10.2 Å². The van der Waals surface area contributed by atoms with Gasteiger partial charge in [0.1, 0.15) is 5.75 Å². The lowest BCUT2D eigenvalue weighted by Crippen LogP contribution is -2.49. The fourth-order valence-electron chi connectivity index (χ4n) is 3.06. The summed E-state index contributed by atoms with van der Waals surface area (Å²) in [5.74, 6) is 1.55. The summed E-state index contributed by atoms with van der Waals surface area (Å²) in [5.41, 5.74) is 0.994. The molecule has 140 valence electrons. The first-order valence-electron chi connectivity index (χ1n) is 8.88. The van der Waals surface area contributed by atoms with Crippen LogP contribution < -0.4 is 9.64 Å². The summed E-state index contributed by atoms with van der Waals surface area (Å²) < 4.78 is 6.42. The highest BCUT2D eigenvalue weighted by Gasteiger charge is 2.23. The second kappa shape index (κ2) is 8.19. The fraction of sp³-hybridized carbons (Fsp3) is 0.300. The van der Waals surface area contributed by atoms with Gasteiger partial charge in [-0.25, -0.2) is 4.98 Å². The number of methoxy groups -OCH3 is 1. The number of carbonyl (C=O) groups is 1. The Hall–Kier alpha value is -2.25. The minimum Gasteiger partial charge on any atom is -0.497 e. The van der Waals surface area contributed by atoms with Gasteiger partial charge >= 0.3 is 0 Å². The van der Waals surface area contributed by atoms with Gasteiger partial charge in [-0.15, -0.1) is 11.8 Å². The first-order chi connectivity index (χ1) is 13.2. The molecule has 5 nitrogen and oxygen atoms in total. The molecule has 0 aliphatic carbocycles. The van der Waals surface area contributed by atoms with Crippen molar-refractivity contribution >= 4 is 44.4 Å². The maximum Gasteiger partial charge on any atom is 0.233 e. The summed E-state index contributed by atoms with van der Waals surface area (Å²) in [6, 6.07) is 16.0. The summed E-state index contributed by atoms with van der Waals surface area (Å²) in [6.45, 7) is 3.12. The molecule has 0 radical (unpaired) electrons. The molecule has 1 aliphatic rings. The number of aromatic nitrogens is 1. The topological polar surface area (TPSA) is 45.7 Å². The maximum absolute atomic E-state index is 12.5. The van der Waals surface area contributed by atoms with Crippen LogP contribution in [0.4, 0.5) is 5.13 Å². The zero-order chi connectivity index (χ0) is 18.6. The molecule has 0 unspecified atom stereocenters. The number of thiazole rings is 1. The molecule has 0 saturated carbocycles. The third-order valence-electron chi connectivity index (χ3n) is 4.59. The second-order valence-electron chi connectivity index (χ2n) is 6.30. The number of amides is 1. The van der Waals surface area contributed by atoms with Gasteiger partial charge in [-0.1, -0.05) is 29.5 Å². The smallest absolute Gasteiger partial charge is 0.233 e. The molecule has 1 saturated heterocycles. The van der Waals surface area contributed by atoms with Crippen LogP contribution in [-0.2, 0) is 4.79 Å². The first-order valence-corrected chi connectivity index (χ1v) is 10.7. The molecule has 2 heterocycles. The zero-order valence-electron chi connectivity index (χ0n) is 15.1. The van der Waals surface area contributed by atoms with E-state index in [2.05, 4.69) is 4.90 Å². The maximum atomic E-state index is 12.5. The summed E-state index contributed by atoms with van der Waals surface area (Å²) in [4.78, 5) is 22.6. The van der Waals surface area contributed by atoms with Crippen molar-refractivity contribution < 1.29 is 9.53 Å². The van der Waals surface area contributed by atoms with Crippen LogP contribution in [-0.4, -0.2) is 54.8 Å². The van der Waals surface area contributed by atoms with Gasteiger partial charge in [-0.3, -0.25) is 4.79 Å². The Morgan fingerprint density at radius 3 is 2.67 bits per heavy atom. The molecule has 7 heteroatoms. The number of carbonyl (C=O) groups excluding carboxylic acids is 1. The van der Waals surface area contributed by atoms with Gasteiger partial charge in [0.15, 0.2) is 5.13 Å². The molecule has 0 atom stereocenters. The molecular weight excluding hydrogens is 378 g/mol. The van der Waals surface area contributed by atoms with Gasteiger partial charge in [0.05, 0.1) is 23.1 Å². The van der Waals surface area contributed by atoms with E-state index in [4.69, 9.17) is 9.72 Å². The predicted octanol–water partition coefficient (Wildman–Crippen LogP) is 3.75. The fourth-order valence-corrected chi connectivity index (χ4v) is 4.92. The minimum atomic E-state index is 0.206. The minimum absolute atomic E-state index is 0.206. The number of hydrogen-bond acceptors (Lipinski definition) is 6. The lowest BCUT2D eigenvalue weighted by molar-refractivity contribution is -0.128. The highest BCUT2D eigenvalue weighted by atomic mass is 32.2. The van der Waals surface area contributed by atoms with E-state index in [1.165, 1.54) is 0 Å². The number of hydrogen-bond donors (Lipinski definition) is 0. The number of nitrogens with zero attached hydrogens (tertiary/aromatic N) is 3. The molecule has 27 heavy (non-hydrogen) atoms. The lowest BCUT2D eigenvalue weighted by Gasteiger charge is -2.34. The Kier molecular flexibility index (Phi) is 5.50. The van der Waals surface area contributed by atoms with E-state index in [1.54, 1.807) is 30.2 Å². The number of ether oxygens (including phenoxy) is 1. The highest BCUT2D eigenvalue weighted by molar-refractivity contribution is 8.00. The quantitative estimate of drug-likeness (QED) is 0.612. The van der Waals surface area contributed by atoms with E-state index < -0.39 is 0 Å². The Morgan fingerprint density at radius 1 is 1.15 bits per heavy atom. The van der Waals surface area contributed by atoms with Crippen molar-refractivity contribution in [1.29, 1.82) is 0 Å². The summed E-state index contributed by atoms with van der Waals surface area (Å²) in [5, 5.41) is 1.02. The first kappa shape index (κ1) is 18.1. The SMILES string of the molecule is COc1ccc2nc(N3CCN(C(=O)CSc4ccccc4)CC3)sc2c1. The molecule has 0 spiro atoms. The van der Waals surface area contributed by atoms with Gasteiger partial charge in [0, 0.05) is 31.1 Å². The molecule has 1 aliphatic heterocycles. The van der Waals surface area contributed by atoms with Crippen LogP contribution >= 0.6 is 23.1 Å². The monoisotopic (exact) mass is 399 g/mol. The van der Waals surface area contributed by atoms with Crippen LogP contribution in [0.3, 0.4) is 0 Å². The van der Waals surface area contributed by atoms with Crippen LogP contribution in [0.1, 0.15) is 0 Å². The molecule has 2 aromatic carbocycles. The third-order valence-corrected chi connectivity index (χ3v) is 6.67. The van der Waals surface area contributed by atoms with Crippen LogP contribution in [0.2, 0.25) is 0 Å². The molecular formula is C20H21N3O2S2. The molecule has 1 fully saturated rings. The molecule has 1 aromatic heterocycles. The Balaban J connectivity index is 1.33. The van der Waals surface area contributed by atoms with E-state index in [0.29, 0.717) is 5.75 Å². The van der Waals surface area contributed by atoms with E-state index in [-0.39, 0.29) is 5.91 Å². The van der Waals surface area contributed by atoms with E-state index in [1.807, 2.05) is 53.4 Å². The third kappa shape index (κ3) is 4.20. The van der Waals surface area contributed by atoms with Crippen molar-refractivity contribution in [1.82, 2.24) is 9.88 Å². The van der Waals surface area contributed by atoms with Gasteiger partial charge in [-0.05, 0) is 30.3 Å². The predicted molar refractivity (Wildman–Crippen MR) is 112 cm³/mol. The standard InChI is InChI=1S/C20H21N3O2S2/c1-25-15-7-8-17-18(13-15)27-20(21-17)23-11-9-22(10-12-23)19(24)14-26-16-5-3-2-4-6-16/h2-8,13H,9-12,14H2,1H3. The summed E-state index contributed by atoms with van der Waals surface area (Å²) in [6.07, 6.45) is 0. The Morgan fingerprint density at radius 2 is 1.93 bits per heavy atom. The summed E-state index contributed by atoms with van der Waals surface area (Å²) in [7, 11) is 1.68. The Labute approximate surface area is 166 Å². The number of anilines is 1. The van der Waals surface area contributed by atoms with E-state index in [9.17, 15) is 4.79 Å². The van der Waals surface area contributed by atoms with Crippen LogP contribution in [0.15, 0.2) is 53.4 Å². The van der Waals surface area contributed by atoms with Gasteiger partial charge < -0.3 is 14.5 Å². The normalized spacial score (nSPS) is 14.6. The van der Waals surface area contributed by atoms with Crippen molar-refractivity contribution in [3.05, 3.63) is 48.5 Å². The van der Waals surface area contributed by atoms with Crippen molar-refractivity contribution in [2.24, 2.45) is 0 Å². The van der Waals surface area contributed by atoms with Crippen molar-refractivity contribution in [2.45, 2.75) is 4.90 Å². The number of thioether (sulfide) groups is 1. The number of benzene rings is 2. The number of rotatable bonds is 5. The summed E-state index contributed by atoms with van der Waals surface area (Å²) >= 11 is 3.28. The molecule has 0 N–H and O–H groups in total. The second-order valence-corrected chi connectivity index (χ2v) is 8.36. The van der Waals surface area contributed by atoms with E-state index in [0.717, 1.165) is 52.2 Å². The average Bonchev–Trinajstić information content (AvgIpc) is 3.16. The number of piperazine rings is 1. The zero-order valence-corrected chi connectivity index (χ0v) is 16.8. The molecule has 3 aromatic rings. The number of fused-ring (bicyclic) bond motifs is 1. The largest absolute Gasteiger partial charge is 0.497 e. The van der Waals surface area contributed by atoms with Gasteiger partial charge in [0.25, 0.3) is 0 Å². The van der Waals surface area contributed by atoms with Crippen molar-refractivity contribution in [3.8, 4) is 5.75 Å². The molecule has 4 rings (SSSR count).